The molecular formula is C20H25IN6. The average Bonchev–Trinajstić information content (AvgIpc) is 3.10. The van der Waals surface area contributed by atoms with Gasteiger partial charge in [0, 0.05) is 28.9 Å². The molecule has 0 amide bonds. The maximum Gasteiger partial charge on any atom is 0.202 e. The summed E-state index contributed by atoms with van der Waals surface area (Å²) in [4.78, 5) is 12.0. The largest absolute Gasteiger partial charge is 0.384 e. The van der Waals surface area contributed by atoms with Gasteiger partial charge in [0.1, 0.15) is 0 Å². The molecule has 0 fully saturated rings. The summed E-state index contributed by atoms with van der Waals surface area (Å²) in [5.41, 5.74) is 5.86. The van der Waals surface area contributed by atoms with E-state index in [9.17, 15) is 0 Å². The molecule has 6 nitrogen and oxygen atoms in total. The van der Waals surface area contributed by atoms with Gasteiger partial charge in [-0.1, -0.05) is 13.0 Å². The Kier molecular flexibility index (Phi) is 5.77. The van der Waals surface area contributed by atoms with Crippen LogP contribution < -0.4 is 16.0 Å². The number of pyridine rings is 1. The molecule has 1 atom stereocenters. The van der Waals surface area contributed by atoms with E-state index >= 15 is 0 Å². The Morgan fingerprint density at radius 1 is 1.30 bits per heavy atom. The van der Waals surface area contributed by atoms with Crippen molar-refractivity contribution in [1.29, 1.82) is 0 Å². The minimum Gasteiger partial charge on any atom is -0.384 e. The number of aromatic nitrogens is 3. The number of hydrogen-bond donors (Lipinski definition) is 4. The van der Waals surface area contributed by atoms with Crippen molar-refractivity contribution in [3.8, 4) is 0 Å². The number of benzene rings is 1. The molecule has 0 bridgehead atoms. The lowest BCUT2D eigenvalue weighted by Crippen LogP contribution is -2.30. The highest BCUT2D eigenvalue weighted by atomic mass is 127. The maximum absolute atomic E-state index is 4.45. The Labute approximate surface area is 173 Å². The van der Waals surface area contributed by atoms with Gasteiger partial charge in [0.05, 0.1) is 11.2 Å². The number of nitrogens with one attached hydrogen (secondary N) is 4. The van der Waals surface area contributed by atoms with Gasteiger partial charge < -0.3 is 20.9 Å². The van der Waals surface area contributed by atoms with Crippen LogP contribution in [-0.4, -0.2) is 34.6 Å². The molecule has 7 heteroatoms. The summed E-state index contributed by atoms with van der Waals surface area (Å²) in [7, 11) is 0. The number of H-pyrrole nitrogens is 1. The fourth-order valence-corrected chi connectivity index (χ4v) is 4.46. The lowest BCUT2D eigenvalue weighted by Gasteiger charge is -2.29. The van der Waals surface area contributed by atoms with E-state index in [-0.39, 0.29) is 0 Å². The number of aryl methyl sites for hydroxylation is 1. The average molecular weight is 476 g/mol. The van der Waals surface area contributed by atoms with Crippen molar-refractivity contribution in [2.24, 2.45) is 0 Å². The standard InChI is InChI=1S/C20H25IN6/c1-2-13-11-14-16(6-10-23-18(14)15(21)12-13)22-8-4-9-25-20-26-17-5-3-7-24-19(17)27-20/h3,5,7,11-12,16,22-23H,2,4,6,8-10H2,1H3,(H2,24,25,26,27). The van der Waals surface area contributed by atoms with Crippen LogP contribution in [-0.2, 0) is 6.42 Å². The van der Waals surface area contributed by atoms with E-state index in [1.54, 1.807) is 6.20 Å². The zero-order valence-electron chi connectivity index (χ0n) is 15.5. The second-order valence-corrected chi connectivity index (χ2v) is 8.02. The number of halogens is 1. The van der Waals surface area contributed by atoms with Crippen LogP contribution in [0.25, 0.3) is 11.2 Å². The van der Waals surface area contributed by atoms with Crippen LogP contribution in [0.2, 0.25) is 0 Å². The number of anilines is 2. The number of aromatic amines is 1. The molecule has 0 saturated carbocycles. The molecule has 1 unspecified atom stereocenters. The van der Waals surface area contributed by atoms with Crippen molar-refractivity contribution >= 4 is 45.4 Å². The van der Waals surface area contributed by atoms with E-state index in [1.807, 2.05) is 12.1 Å². The number of hydrogen-bond acceptors (Lipinski definition) is 5. The zero-order chi connectivity index (χ0) is 18.6. The van der Waals surface area contributed by atoms with Gasteiger partial charge in [-0.05, 0) is 77.7 Å². The second-order valence-electron chi connectivity index (χ2n) is 6.86. The topological polar surface area (TPSA) is 77.7 Å². The third-order valence-corrected chi connectivity index (χ3v) is 5.84. The zero-order valence-corrected chi connectivity index (χ0v) is 17.6. The van der Waals surface area contributed by atoms with Crippen molar-refractivity contribution < 1.29 is 0 Å². The summed E-state index contributed by atoms with van der Waals surface area (Å²) in [5, 5.41) is 10.7. The Morgan fingerprint density at radius 3 is 3.07 bits per heavy atom. The van der Waals surface area contributed by atoms with E-state index in [2.05, 4.69) is 72.5 Å². The Balaban J connectivity index is 1.30. The Bertz CT molecular complexity index is 889. The van der Waals surface area contributed by atoms with Crippen LogP contribution in [0, 0.1) is 3.57 Å². The molecule has 4 N–H and O–H groups in total. The highest BCUT2D eigenvalue weighted by molar-refractivity contribution is 14.1. The SMILES string of the molecule is CCc1cc(I)c2c(c1)C(NCCCNc1nc3ncccc3[nH]1)CCN2. The number of imidazole rings is 1. The van der Waals surface area contributed by atoms with Crippen LogP contribution >= 0.6 is 22.6 Å². The van der Waals surface area contributed by atoms with Crippen molar-refractivity contribution in [3.63, 3.8) is 0 Å². The van der Waals surface area contributed by atoms with Gasteiger partial charge in [-0.15, -0.1) is 0 Å². The predicted octanol–water partition coefficient (Wildman–Crippen LogP) is 4.07. The monoisotopic (exact) mass is 476 g/mol. The van der Waals surface area contributed by atoms with Gasteiger partial charge in [-0.25, -0.2) is 4.98 Å². The van der Waals surface area contributed by atoms with Crippen LogP contribution in [0.3, 0.4) is 0 Å². The first-order valence-corrected chi connectivity index (χ1v) is 10.7. The quantitative estimate of drug-likeness (QED) is 0.306. The highest BCUT2D eigenvalue weighted by Gasteiger charge is 2.21. The molecule has 0 radical (unpaired) electrons. The summed E-state index contributed by atoms with van der Waals surface area (Å²) in [6.45, 7) is 5.09. The molecule has 2 aromatic heterocycles. The van der Waals surface area contributed by atoms with Gasteiger partial charge in [0.25, 0.3) is 0 Å². The highest BCUT2D eigenvalue weighted by Crippen LogP contribution is 2.34. The van der Waals surface area contributed by atoms with E-state index in [0.29, 0.717) is 6.04 Å². The van der Waals surface area contributed by atoms with Gasteiger partial charge in [-0.3, -0.25) is 0 Å². The van der Waals surface area contributed by atoms with Crippen LogP contribution in [0.15, 0.2) is 30.5 Å². The third-order valence-electron chi connectivity index (χ3n) is 4.99. The first-order valence-electron chi connectivity index (χ1n) is 9.58. The molecule has 0 aliphatic carbocycles. The Hall–Kier alpha value is -1.87. The van der Waals surface area contributed by atoms with Gasteiger partial charge in [-0.2, -0.15) is 4.98 Å². The van der Waals surface area contributed by atoms with Gasteiger partial charge in [0.2, 0.25) is 5.95 Å². The first-order chi connectivity index (χ1) is 13.2. The third kappa shape index (κ3) is 4.19. The lowest BCUT2D eigenvalue weighted by atomic mass is 9.95. The number of fused-ring (bicyclic) bond motifs is 2. The minimum absolute atomic E-state index is 0.427. The van der Waals surface area contributed by atoms with Crippen LogP contribution in [0.4, 0.5) is 11.6 Å². The molecule has 1 aliphatic rings. The van der Waals surface area contributed by atoms with E-state index < -0.39 is 0 Å². The molecule has 142 valence electrons. The summed E-state index contributed by atoms with van der Waals surface area (Å²) >= 11 is 2.45. The van der Waals surface area contributed by atoms with E-state index in [4.69, 9.17) is 0 Å². The van der Waals surface area contributed by atoms with Crippen molar-refractivity contribution in [3.05, 3.63) is 45.2 Å². The number of nitrogens with zero attached hydrogens (tertiary/aromatic N) is 2. The predicted molar refractivity (Wildman–Crippen MR) is 119 cm³/mol. The normalized spacial score (nSPS) is 16.1. The molecule has 1 aliphatic heterocycles. The van der Waals surface area contributed by atoms with Crippen LogP contribution in [0.1, 0.15) is 36.9 Å². The maximum atomic E-state index is 4.45. The van der Waals surface area contributed by atoms with Crippen molar-refractivity contribution in [1.82, 2.24) is 20.3 Å². The molecule has 0 spiro atoms. The molecule has 0 saturated heterocycles. The molecule has 1 aromatic carbocycles. The van der Waals surface area contributed by atoms with E-state index in [0.717, 1.165) is 56.0 Å². The lowest BCUT2D eigenvalue weighted by molar-refractivity contribution is 0.497. The van der Waals surface area contributed by atoms with Crippen molar-refractivity contribution in [2.45, 2.75) is 32.2 Å². The summed E-state index contributed by atoms with van der Waals surface area (Å²) in [6, 6.07) is 8.98. The summed E-state index contributed by atoms with van der Waals surface area (Å²) in [6.07, 6.45) is 5.00. The summed E-state index contributed by atoms with van der Waals surface area (Å²) in [5.74, 6) is 0.790. The van der Waals surface area contributed by atoms with E-state index in [1.165, 1.54) is 20.4 Å². The summed E-state index contributed by atoms with van der Waals surface area (Å²) < 4.78 is 1.33. The van der Waals surface area contributed by atoms with Crippen LogP contribution in [0.5, 0.6) is 0 Å². The second kappa shape index (κ2) is 8.43. The molecule has 27 heavy (non-hydrogen) atoms. The molecule has 3 aromatic rings. The fourth-order valence-electron chi connectivity index (χ4n) is 3.56. The molecule has 3 heterocycles. The van der Waals surface area contributed by atoms with Gasteiger partial charge in [0.15, 0.2) is 5.65 Å². The fraction of sp³-hybridized carbons (Fsp3) is 0.400. The number of rotatable bonds is 7. The Morgan fingerprint density at radius 2 is 2.22 bits per heavy atom. The molecule has 4 rings (SSSR count). The molecular weight excluding hydrogens is 451 g/mol. The first kappa shape index (κ1) is 18.5. The van der Waals surface area contributed by atoms with Crippen molar-refractivity contribution in [2.75, 3.05) is 30.3 Å². The minimum atomic E-state index is 0.427. The smallest absolute Gasteiger partial charge is 0.202 e. The van der Waals surface area contributed by atoms with Gasteiger partial charge >= 0.3 is 0 Å².